The highest BCUT2D eigenvalue weighted by Crippen LogP contribution is 2.21. The molecule has 0 bridgehead atoms. The minimum Gasteiger partial charge on any atom is -0.358 e. The van der Waals surface area contributed by atoms with E-state index < -0.39 is 16.4 Å². The van der Waals surface area contributed by atoms with Crippen LogP contribution in [-0.2, 0) is 11.1 Å². The van der Waals surface area contributed by atoms with Crippen LogP contribution in [0.3, 0.4) is 0 Å². The summed E-state index contributed by atoms with van der Waals surface area (Å²) in [7, 11) is 0. The van der Waals surface area contributed by atoms with Crippen LogP contribution in [0.4, 0.5) is 5.82 Å². The van der Waals surface area contributed by atoms with E-state index in [9.17, 15) is 19.7 Å². The molecule has 0 saturated heterocycles. The summed E-state index contributed by atoms with van der Waals surface area (Å²) in [5.41, 5.74) is 1.20. The zero-order valence-corrected chi connectivity index (χ0v) is 19.6. The van der Waals surface area contributed by atoms with Gasteiger partial charge in [-0.1, -0.05) is 39.8 Å². The Hall–Kier alpha value is -4.61. The number of H-pyrrole nitrogens is 2. The average Bonchev–Trinajstić information content (AvgIpc) is 3.53. The van der Waals surface area contributed by atoms with Crippen molar-refractivity contribution in [2.24, 2.45) is 0 Å². The lowest BCUT2D eigenvalue weighted by atomic mass is 10.4. The highest BCUT2D eigenvalue weighted by Gasteiger charge is 2.21. The minimum absolute atomic E-state index is 0.0491. The lowest BCUT2D eigenvalue weighted by molar-refractivity contribution is -0.391. The third kappa shape index (κ3) is 8.68. The number of nitrogens with one attached hydrogen (secondary N) is 2. The summed E-state index contributed by atoms with van der Waals surface area (Å²) in [5, 5.41) is 40.7. The molecule has 4 aromatic rings. The molecule has 17 heteroatoms. The maximum atomic E-state index is 11.0. The molecule has 0 amide bonds. The van der Waals surface area contributed by atoms with Crippen LogP contribution in [-0.4, -0.2) is 35.5 Å². The van der Waals surface area contributed by atoms with E-state index in [4.69, 9.17) is 10.5 Å². The smallest absolute Gasteiger partial charge is 0.358 e. The van der Waals surface area contributed by atoms with Gasteiger partial charge in [0.25, 0.3) is 5.69 Å². The normalized spacial score (nSPS) is 9.46. The Kier molecular flexibility index (Phi) is 10.5. The van der Waals surface area contributed by atoms with Crippen molar-refractivity contribution in [3.8, 4) is 12.1 Å². The molecule has 4 aromatic heterocycles. The number of nitro groups is 1. The fourth-order valence-corrected chi connectivity index (χ4v) is 3.11. The maximum absolute atomic E-state index is 11.0. The van der Waals surface area contributed by atoms with Gasteiger partial charge in [-0.25, -0.2) is 4.63 Å². The molecule has 0 aromatic carbocycles. The number of rotatable bonds is 5. The number of nitriles is 2. The van der Waals surface area contributed by atoms with Crippen molar-refractivity contribution in [3.05, 3.63) is 90.0 Å². The van der Waals surface area contributed by atoms with Gasteiger partial charge in [0.1, 0.15) is 12.1 Å². The Morgan fingerprint density at radius 3 is 2.03 bits per heavy atom. The number of aromatic amines is 2. The van der Waals surface area contributed by atoms with Crippen LogP contribution in [0.2, 0.25) is 0 Å². The van der Waals surface area contributed by atoms with Crippen molar-refractivity contribution < 1.29 is 14.2 Å². The Morgan fingerprint density at radius 2 is 1.51 bits per heavy atom. The summed E-state index contributed by atoms with van der Waals surface area (Å²) in [4.78, 5) is 36.0. The third-order valence-electron chi connectivity index (χ3n) is 3.48. The zero-order valence-electron chi connectivity index (χ0n) is 17.2. The summed E-state index contributed by atoms with van der Waals surface area (Å²) in [6.45, 7) is 0. The van der Waals surface area contributed by atoms with E-state index in [0.717, 1.165) is 11.4 Å². The van der Waals surface area contributed by atoms with Crippen LogP contribution in [0.25, 0.3) is 0 Å². The molecule has 15 nitrogen and oxygen atoms in total. The lowest BCUT2D eigenvalue weighted by Crippen LogP contribution is -2.05. The number of hydrogen-bond donors (Lipinski definition) is 2. The number of pyridine rings is 2. The van der Waals surface area contributed by atoms with Gasteiger partial charge in [0.2, 0.25) is 16.8 Å². The van der Waals surface area contributed by atoms with Crippen molar-refractivity contribution in [2.75, 3.05) is 0 Å². The predicted molar refractivity (Wildman–Crippen MR) is 121 cm³/mol. The van der Waals surface area contributed by atoms with Gasteiger partial charge >= 0.3 is 5.82 Å². The summed E-state index contributed by atoms with van der Waals surface area (Å²) < 4.78 is 8.37. The van der Waals surface area contributed by atoms with Crippen LogP contribution in [0.15, 0.2) is 60.3 Å². The molecule has 0 aliphatic rings. The van der Waals surface area contributed by atoms with Gasteiger partial charge in [-0.2, -0.15) is 10.5 Å². The highest BCUT2D eigenvalue weighted by molar-refractivity contribution is 9.08. The quantitative estimate of drug-likeness (QED) is 0.153. The van der Waals surface area contributed by atoms with Crippen molar-refractivity contribution in [1.29, 1.82) is 10.5 Å². The fraction of sp³-hybridized carbons (Fsp3) is 0.111. The SMILES string of the molecule is N#Cc1nonc1SCc1cccc(=O)[nH]1.N#Cc1nonc1[N+](=O)[O-].O=c1cccc(CBr)[nH]1. The second-order valence-electron chi connectivity index (χ2n) is 5.84. The Balaban J connectivity index is 0.000000197. The average molecular weight is 562 g/mol. The minimum atomic E-state index is -0.838. The predicted octanol–water partition coefficient (Wildman–Crippen LogP) is 2.04. The van der Waals surface area contributed by atoms with Crippen LogP contribution < -0.4 is 11.1 Å². The largest absolute Gasteiger partial charge is 0.452 e. The van der Waals surface area contributed by atoms with Gasteiger partial charge in [0.05, 0.1) is 0 Å². The molecule has 0 saturated carbocycles. The van der Waals surface area contributed by atoms with Gasteiger partial charge in [-0.3, -0.25) is 9.59 Å². The highest BCUT2D eigenvalue weighted by atomic mass is 79.9. The van der Waals surface area contributed by atoms with E-state index in [0.29, 0.717) is 16.1 Å². The molecule has 4 heterocycles. The summed E-state index contributed by atoms with van der Waals surface area (Å²) in [6, 6.07) is 13.3. The second-order valence-corrected chi connectivity index (χ2v) is 7.36. The standard InChI is InChI=1S/C9H6N4O2S.C6H6BrNO.C3N4O3/c10-4-7-9(13-15-12-7)16-5-6-2-1-3-8(14)11-6;7-4-5-2-1-3-6(9)8-5;4-1-2-3(7(8)9)6-10-5-2/h1-3H,5H2,(H,11,14);1-3H,4H2,(H,8,9);. The second kappa shape index (κ2) is 13.8. The number of alkyl halides is 1. The molecular formula is C18H12BrN9O6S. The van der Waals surface area contributed by atoms with Crippen LogP contribution in [0.5, 0.6) is 0 Å². The molecule has 0 fully saturated rings. The zero-order chi connectivity index (χ0) is 25.6. The van der Waals surface area contributed by atoms with E-state index in [1.807, 2.05) is 12.1 Å². The van der Waals surface area contributed by atoms with Crippen molar-refractivity contribution in [2.45, 2.75) is 16.1 Å². The number of aromatic nitrogens is 6. The topological polar surface area (TPSA) is 234 Å². The van der Waals surface area contributed by atoms with Crippen molar-refractivity contribution in [1.82, 2.24) is 30.6 Å². The van der Waals surface area contributed by atoms with Gasteiger partial charge in [0, 0.05) is 34.6 Å². The van der Waals surface area contributed by atoms with Crippen molar-refractivity contribution in [3.63, 3.8) is 0 Å². The van der Waals surface area contributed by atoms with E-state index in [2.05, 4.69) is 55.8 Å². The Morgan fingerprint density at radius 1 is 0.943 bits per heavy atom. The van der Waals surface area contributed by atoms with E-state index >= 15 is 0 Å². The first kappa shape index (κ1) is 26.6. The molecule has 178 valence electrons. The van der Waals surface area contributed by atoms with Crippen LogP contribution >= 0.6 is 27.7 Å². The molecule has 0 unspecified atom stereocenters. The molecule has 2 N–H and O–H groups in total. The van der Waals surface area contributed by atoms with E-state index in [-0.39, 0.29) is 16.8 Å². The summed E-state index contributed by atoms with van der Waals surface area (Å²) in [6.07, 6.45) is 0. The maximum Gasteiger partial charge on any atom is 0.452 e. The number of nitrogens with zero attached hydrogens (tertiary/aromatic N) is 7. The molecule has 35 heavy (non-hydrogen) atoms. The molecule has 0 aliphatic heterocycles. The fourth-order valence-electron chi connectivity index (χ4n) is 2.01. The van der Waals surface area contributed by atoms with Crippen molar-refractivity contribution >= 4 is 33.5 Å². The molecule has 4 rings (SSSR count). The lowest BCUT2D eigenvalue weighted by Gasteiger charge is -1.97. The van der Waals surface area contributed by atoms with Gasteiger partial charge in [0.15, 0.2) is 10.2 Å². The number of thioether (sulfide) groups is 1. The number of halogens is 1. The molecule has 0 radical (unpaired) electrons. The summed E-state index contributed by atoms with van der Waals surface area (Å²) >= 11 is 4.50. The van der Waals surface area contributed by atoms with E-state index in [1.54, 1.807) is 18.2 Å². The molecular weight excluding hydrogens is 550 g/mol. The molecule has 0 atom stereocenters. The first-order chi connectivity index (χ1) is 16.9. The van der Waals surface area contributed by atoms with Crippen LogP contribution in [0.1, 0.15) is 22.8 Å². The van der Waals surface area contributed by atoms with E-state index in [1.165, 1.54) is 30.0 Å². The summed E-state index contributed by atoms with van der Waals surface area (Å²) in [5.74, 6) is -0.151. The van der Waals surface area contributed by atoms with Gasteiger partial charge in [-0.15, -0.1) is 4.63 Å². The molecule has 0 aliphatic carbocycles. The van der Waals surface area contributed by atoms with Crippen LogP contribution in [0, 0.1) is 32.8 Å². The first-order valence-corrected chi connectivity index (χ1v) is 11.1. The monoisotopic (exact) mass is 561 g/mol. The molecule has 0 spiro atoms. The third-order valence-corrected chi connectivity index (χ3v) is 5.08. The van der Waals surface area contributed by atoms with Gasteiger partial charge in [-0.05, 0) is 32.5 Å². The Bertz CT molecular complexity index is 1470. The number of hydrogen-bond acceptors (Lipinski definition) is 13. The first-order valence-electron chi connectivity index (χ1n) is 9.02. The van der Waals surface area contributed by atoms with Gasteiger partial charge < -0.3 is 20.1 Å². The Labute approximate surface area is 207 Å².